The maximum absolute atomic E-state index is 5.38. The summed E-state index contributed by atoms with van der Waals surface area (Å²) in [4.78, 5) is 7.29. The van der Waals surface area contributed by atoms with Crippen molar-refractivity contribution in [1.29, 1.82) is 0 Å². The van der Waals surface area contributed by atoms with Crippen LogP contribution in [-0.2, 0) is 6.42 Å². The Morgan fingerprint density at radius 3 is 2.53 bits per heavy atom. The van der Waals surface area contributed by atoms with E-state index in [1.807, 2.05) is 25.3 Å². The van der Waals surface area contributed by atoms with E-state index in [0.29, 0.717) is 6.42 Å². The molecule has 0 amide bonds. The molecule has 0 spiro atoms. The van der Waals surface area contributed by atoms with Gasteiger partial charge in [0.05, 0.1) is 14.2 Å². The summed E-state index contributed by atoms with van der Waals surface area (Å²) in [6.45, 7) is 2.00. The molecule has 0 aliphatic carbocycles. The minimum absolute atomic E-state index is 0.701. The van der Waals surface area contributed by atoms with E-state index in [1.165, 1.54) is 0 Å². The second kappa shape index (κ2) is 4.91. The van der Waals surface area contributed by atoms with Gasteiger partial charge in [-0.1, -0.05) is 0 Å². The van der Waals surface area contributed by atoms with Crippen LogP contribution in [0, 0.1) is 6.92 Å². The van der Waals surface area contributed by atoms with Crippen LogP contribution < -0.4 is 9.47 Å². The average molecular weight is 232 g/mol. The fourth-order valence-corrected chi connectivity index (χ4v) is 1.83. The molecule has 4 nitrogen and oxygen atoms in total. The highest BCUT2D eigenvalue weighted by molar-refractivity contribution is 5.46. The molecule has 0 saturated carbocycles. The number of aryl methyl sites for hydroxylation is 1. The van der Waals surface area contributed by atoms with Gasteiger partial charge in [-0.25, -0.2) is 4.98 Å². The number of rotatable bonds is 4. The van der Waals surface area contributed by atoms with Crippen LogP contribution in [-0.4, -0.2) is 24.2 Å². The molecule has 0 radical (unpaired) electrons. The number of ether oxygens (including phenoxy) is 2. The molecule has 17 heavy (non-hydrogen) atoms. The van der Waals surface area contributed by atoms with Gasteiger partial charge in [-0.2, -0.15) is 0 Å². The van der Waals surface area contributed by atoms with Gasteiger partial charge >= 0.3 is 0 Å². The standard InChI is InChI=1S/C13H16N2O2/c1-9-6-12(17-3)10(7-11(9)16-2)8-13-14-4-5-15-13/h4-7H,8H2,1-3H3,(H,14,15). The van der Waals surface area contributed by atoms with Crippen LogP contribution in [0.1, 0.15) is 17.0 Å². The van der Waals surface area contributed by atoms with Gasteiger partial charge in [-0.3, -0.25) is 0 Å². The number of aromatic nitrogens is 2. The number of hydrogen-bond acceptors (Lipinski definition) is 3. The van der Waals surface area contributed by atoms with Crippen molar-refractivity contribution in [2.24, 2.45) is 0 Å². The molecule has 1 heterocycles. The van der Waals surface area contributed by atoms with Gasteiger partial charge in [0.2, 0.25) is 0 Å². The number of H-pyrrole nitrogens is 1. The predicted octanol–water partition coefficient (Wildman–Crippen LogP) is 2.33. The van der Waals surface area contributed by atoms with Gasteiger partial charge in [0, 0.05) is 24.4 Å². The lowest BCUT2D eigenvalue weighted by molar-refractivity contribution is 0.397. The van der Waals surface area contributed by atoms with E-state index in [1.54, 1.807) is 20.4 Å². The first-order valence-electron chi connectivity index (χ1n) is 5.44. The van der Waals surface area contributed by atoms with Crippen LogP contribution in [0.2, 0.25) is 0 Å². The molecule has 0 aliphatic rings. The van der Waals surface area contributed by atoms with Crippen LogP contribution in [0.3, 0.4) is 0 Å². The molecule has 0 aliphatic heterocycles. The number of nitrogens with one attached hydrogen (secondary N) is 1. The molecular formula is C13H16N2O2. The molecule has 1 aromatic carbocycles. The summed E-state index contributed by atoms with van der Waals surface area (Å²) in [5.74, 6) is 2.64. The lowest BCUT2D eigenvalue weighted by Crippen LogP contribution is -1.98. The Labute approximate surface area is 101 Å². The third-order valence-corrected chi connectivity index (χ3v) is 2.71. The van der Waals surface area contributed by atoms with E-state index in [-0.39, 0.29) is 0 Å². The van der Waals surface area contributed by atoms with Crippen LogP contribution in [0.4, 0.5) is 0 Å². The first-order chi connectivity index (χ1) is 8.24. The van der Waals surface area contributed by atoms with Gasteiger partial charge < -0.3 is 14.5 Å². The number of benzene rings is 1. The summed E-state index contributed by atoms with van der Waals surface area (Å²) in [7, 11) is 3.35. The van der Waals surface area contributed by atoms with Crippen molar-refractivity contribution in [3.63, 3.8) is 0 Å². The Morgan fingerprint density at radius 2 is 1.94 bits per heavy atom. The largest absolute Gasteiger partial charge is 0.496 e. The van der Waals surface area contributed by atoms with Gasteiger partial charge in [0.1, 0.15) is 17.3 Å². The maximum atomic E-state index is 5.38. The number of hydrogen-bond donors (Lipinski definition) is 1. The molecule has 4 heteroatoms. The van der Waals surface area contributed by atoms with Crippen molar-refractivity contribution in [1.82, 2.24) is 9.97 Å². The van der Waals surface area contributed by atoms with E-state index < -0.39 is 0 Å². The van der Waals surface area contributed by atoms with Gasteiger partial charge in [0.25, 0.3) is 0 Å². The summed E-state index contributed by atoms with van der Waals surface area (Å²) in [6, 6.07) is 3.98. The van der Waals surface area contributed by atoms with Crippen molar-refractivity contribution in [2.75, 3.05) is 14.2 Å². The third-order valence-electron chi connectivity index (χ3n) is 2.71. The first kappa shape index (κ1) is 11.5. The number of imidazole rings is 1. The number of aromatic amines is 1. The van der Waals surface area contributed by atoms with Gasteiger partial charge in [-0.15, -0.1) is 0 Å². The van der Waals surface area contributed by atoms with E-state index in [9.17, 15) is 0 Å². The minimum Gasteiger partial charge on any atom is -0.496 e. The SMILES string of the molecule is COc1cc(Cc2ncc[nH]2)c(OC)cc1C. The second-order valence-electron chi connectivity index (χ2n) is 3.85. The molecule has 1 N–H and O–H groups in total. The number of nitrogens with zero attached hydrogens (tertiary/aromatic N) is 1. The molecule has 90 valence electrons. The molecular weight excluding hydrogens is 216 g/mol. The van der Waals surface area contributed by atoms with Gasteiger partial charge in [0.15, 0.2) is 0 Å². The lowest BCUT2D eigenvalue weighted by atomic mass is 10.1. The Balaban J connectivity index is 2.37. The Kier molecular flexibility index (Phi) is 3.32. The molecule has 0 fully saturated rings. The maximum Gasteiger partial charge on any atom is 0.123 e. The third kappa shape index (κ3) is 2.41. The normalized spacial score (nSPS) is 10.3. The fraction of sp³-hybridized carbons (Fsp3) is 0.308. The average Bonchev–Trinajstić information content (AvgIpc) is 2.83. The Bertz CT molecular complexity index is 492. The van der Waals surface area contributed by atoms with E-state index in [4.69, 9.17) is 9.47 Å². The highest BCUT2D eigenvalue weighted by atomic mass is 16.5. The quantitative estimate of drug-likeness (QED) is 0.880. The van der Waals surface area contributed by atoms with Crippen molar-refractivity contribution >= 4 is 0 Å². The zero-order valence-electron chi connectivity index (χ0n) is 10.3. The van der Waals surface area contributed by atoms with Crippen molar-refractivity contribution < 1.29 is 9.47 Å². The minimum atomic E-state index is 0.701. The van der Waals surface area contributed by atoms with Gasteiger partial charge in [-0.05, 0) is 24.6 Å². The summed E-state index contributed by atoms with van der Waals surface area (Å²) in [5.41, 5.74) is 2.12. The van der Waals surface area contributed by atoms with Crippen molar-refractivity contribution in [3.8, 4) is 11.5 Å². The zero-order chi connectivity index (χ0) is 12.3. The molecule has 1 aromatic heterocycles. The van der Waals surface area contributed by atoms with E-state index >= 15 is 0 Å². The zero-order valence-corrected chi connectivity index (χ0v) is 10.3. The smallest absolute Gasteiger partial charge is 0.123 e. The number of methoxy groups -OCH3 is 2. The van der Waals surface area contributed by atoms with Crippen LogP contribution in [0.5, 0.6) is 11.5 Å². The van der Waals surface area contributed by atoms with E-state index in [0.717, 1.165) is 28.5 Å². The molecule has 0 bridgehead atoms. The summed E-state index contributed by atoms with van der Waals surface area (Å²) in [6.07, 6.45) is 4.26. The molecule has 0 atom stereocenters. The summed E-state index contributed by atoms with van der Waals surface area (Å²) >= 11 is 0. The lowest BCUT2D eigenvalue weighted by Gasteiger charge is -2.12. The molecule has 0 saturated heterocycles. The Hall–Kier alpha value is -1.97. The van der Waals surface area contributed by atoms with Crippen molar-refractivity contribution in [2.45, 2.75) is 13.3 Å². The monoisotopic (exact) mass is 232 g/mol. The van der Waals surface area contributed by atoms with E-state index in [2.05, 4.69) is 9.97 Å². The van der Waals surface area contributed by atoms with Crippen LogP contribution in [0.25, 0.3) is 0 Å². The second-order valence-corrected chi connectivity index (χ2v) is 3.85. The molecule has 0 unspecified atom stereocenters. The Morgan fingerprint density at radius 1 is 1.18 bits per heavy atom. The van der Waals surface area contributed by atoms with Crippen molar-refractivity contribution in [3.05, 3.63) is 41.5 Å². The highest BCUT2D eigenvalue weighted by Gasteiger charge is 2.10. The summed E-state index contributed by atoms with van der Waals surface area (Å²) in [5, 5.41) is 0. The molecule has 2 rings (SSSR count). The predicted molar refractivity (Wildman–Crippen MR) is 65.7 cm³/mol. The van der Waals surface area contributed by atoms with Crippen LogP contribution >= 0.6 is 0 Å². The first-order valence-corrected chi connectivity index (χ1v) is 5.44. The summed E-state index contributed by atoms with van der Waals surface area (Å²) < 4.78 is 10.7. The fourth-order valence-electron chi connectivity index (χ4n) is 1.83. The van der Waals surface area contributed by atoms with Crippen LogP contribution in [0.15, 0.2) is 24.5 Å². The highest BCUT2D eigenvalue weighted by Crippen LogP contribution is 2.29. The molecule has 2 aromatic rings. The topological polar surface area (TPSA) is 47.1 Å².